The number of piperidine rings is 1. The van der Waals surface area contributed by atoms with Gasteiger partial charge in [0, 0.05) is 49.8 Å². The third-order valence-corrected chi connectivity index (χ3v) is 6.99. The summed E-state index contributed by atoms with van der Waals surface area (Å²) in [6, 6.07) is 19.6. The number of ether oxygens (including phenoxy) is 1. The number of aryl methyl sites for hydroxylation is 1. The molecule has 2 fully saturated rings. The average Bonchev–Trinajstić information content (AvgIpc) is 2.87. The lowest BCUT2D eigenvalue weighted by Gasteiger charge is -2.33. The molecule has 6 nitrogen and oxygen atoms in total. The monoisotopic (exact) mass is 475 g/mol. The lowest BCUT2D eigenvalue weighted by atomic mass is 10.0. The lowest BCUT2D eigenvalue weighted by molar-refractivity contribution is 0.122. The van der Waals surface area contributed by atoms with Gasteiger partial charge in [0.15, 0.2) is 5.11 Å². The number of likely N-dealkylation sites (tertiary alicyclic amines) is 1. The molecule has 178 valence electrons. The van der Waals surface area contributed by atoms with Crippen molar-refractivity contribution in [1.29, 1.82) is 0 Å². The molecule has 0 bridgehead atoms. The standard InChI is InChI=1S/C27H33N5OS/c1-20-17-26(32-13-15-33-16-14-32)30-25-8-7-23(18-24(20)25)29-27(34)28-22-9-11-31(12-10-22)19-21-5-3-2-4-6-21/h2-8,17-18,22H,9-16,19H2,1H3,(H2,28,29,34). The number of benzene rings is 2. The van der Waals surface area contributed by atoms with Crippen LogP contribution in [0.5, 0.6) is 0 Å². The fourth-order valence-electron chi connectivity index (χ4n) is 4.84. The van der Waals surface area contributed by atoms with Gasteiger partial charge in [-0.2, -0.15) is 0 Å². The summed E-state index contributed by atoms with van der Waals surface area (Å²) in [4.78, 5) is 9.72. The maximum absolute atomic E-state index is 5.64. The summed E-state index contributed by atoms with van der Waals surface area (Å²) in [7, 11) is 0. The molecule has 3 aromatic rings. The van der Waals surface area contributed by atoms with Crippen LogP contribution in [0.2, 0.25) is 0 Å². The van der Waals surface area contributed by atoms with Crippen LogP contribution < -0.4 is 15.5 Å². The topological polar surface area (TPSA) is 52.7 Å². The number of pyridine rings is 1. The number of nitrogens with one attached hydrogen (secondary N) is 2. The Morgan fingerprint density at radius 3 is 2.56 bits per heavy atom. The molecule has 1 aromatic heterocycles. The van der Waals surface area contributed by atoms with E-state index in [9.17, 15) is 0 Å². The fraction of sp³-hybridized carbons (Fsp3) is 0.407. The van der Waals surface area contributed by atoms with Gasteiger partial charge in [-0.25, -0.2) is 4.98 Å². The number of morpholine rings is 1. The van der Waals surface area contributed by atoms with E-state index in [0.29, 0.717) is 11.2 Å². The Hall–Kier alpha value is -2.74. The summed E-state index contributed by atoms with van der Waals surface area (Å²) in [5, 5.41) is 8.76. The molecular weight excluding hydrogens is 442 g/mol. The molecule has 0 saturated carbocycles. The Bertz CT molecular complexity index is 1120. The minimum atomic E-state index is 0.409. The van der Waals surface area contributed by atoms with Gasteiger partial charge < -0.3 is 20.3 Å². The van der Waals surface area contributed by atoms with Gasteiger partial charge in [-0.3, -0.25) is 4.90 Å². The Morgan fingerprint density at radius 2 is 1.79 bits per heavy atom. The molecule has 2 aliphatic rings. The number of hydrogen-bond donors (Lipinski definition) is 2. The molecule has 0 aliphatic carbocycles. The molecule has 0 spiro atoms. The first kappa shape index (κ1) is 23.0. The zero-order valence-corrected chi connectivity index (χ0v) is 20.6. The van der Waals surface area contributed by atoms with Crippen molar-refractivity contribution in [3.8, 4) is 0 Å². The van der Waals surface area contributed by atoms with Crippen molar-refractivity contribution < 1.29 is 4.74 Å². The van der Waals surface area contributed by atoms with Gasteiger partial charge in [0.2, 0.25) is 0 Å². The van der Waals surface area contributed by atoms with Crippen LogP contribution >= 0.6 is 12.2 Å². The van der Waals surface area contributed by atoms with Gasteiger partial charge in [-0.1, -0.05) is 30.3 Å². The van der Waals surface area contributed by atoms with Crippen molar-refractivity contribution in [2.45, 2.75) is 32.4 Å². The van der Waals surface area contributed by atoms with Crippen molar-refractivity contribution in [3.05, 3.63) is 65.7 Å². The third-order valence-electron chi connectivity index (χ3n) is 6.77. The predicted octanol–water partition coefficient (Wildman–Crippen LogP) is 4.33. The Morgan fingerprint density at radius 1 is 1.03 bits per heavy atom. The zero-order valence-electron chi connectivity index (χ0n) is 19.8. The van der Waals surface area contributed by atoms with E-state index in [-0.39, 0.29) is 0 Å². The normalized spacial score (nSPS) is 17.6. The molecular formula is C27H33N5OS. The maximum Gasteiger partial charge on any atom is 0.170 e. The molecule has 34 heavy (non-hydrogen) atoms. The van der Waals surface area contributed by atoms with Crippen LogP contribution in [-0.2, 0) is 11.3 Å². The number of aromatic nitrogens is 1. The zero-order chi connectivity index (χ0) is 23.3. The van der Waals surface area contributed by atoms with Gasteiger partial charge >= 0.3 is 0 Å². The molecule has 2 aromatic carbocycles. The summed E-state index contributed by atoms with van der Waals surface area (Å²) in [6.07, 6.45) is 2.19. The van der Waals surface area contributed by atoms with Crippen LogP contribution in [0.1, 0.15) is 24.0 Å². The first-order chi connectivity index (χ1) is 16.6. The largest absolute Gasteiger partial charge is 0.378 e. The van der Waals surface area contributed by atoms with Gasteiger partial charge in [-0.05, 0) is 67.4 Å². The second-order valence-electron chi connectivity index (χ2n) is 9.26. The first-order valence-corrected chi connectivity index (χ1v) is 12.6. The van der Waals surface area contributed by atoms with E-state index < -0.39 is 0 Å². The van der Waals surface area contributed by atoms with Crippen LogP contribution in [0.15, 0.2) is 54.6 Å². The second kappa shape index (κ2) is 10.7. The first-order valence-electron chi connectivity index (χ1n) is 12.2. The number of hydrogen-bond acceptors (Lipinski definition) is 5. The quantitative estimate of drug-likeness (QED) is 0.533. The lowest BCUT2D eigenvalue weighted by Crippen LogP contribution is -2.45. The number of fused-ring (bicyclic) bond motifs is 1. The highest BCUT2D eigenvalue weighted by Gasteiger charge is 2.20. The molecule has 0 atom stereocenters. The molecule has 2 saturated heterocycles. The minimum Gasteiger partial charge on any atom is -0.378 e. The summed E-state index contributed by atoms with van der Waals surface area (Å²) in [5.41, 5.74) is 4.61. The Labute approximate surface area is 207 Å². The van der Waals surface area contributed by atoms with Crippen molar-refractivity contribution >= 4 is 39.7 Å². The highest BCUT2D eigenvalue weighted by atomic mass is 32.1. The van der Waals surface area contributed by atoms with E-state index in [0.717, 1.165) is 81.2 Å². The Kier molecular flexibility index (Phi) is 7.23. The van der Waals surface area contributed by atoms with Crippen molar-refractivity contribution in [2.75, 3.05) is 49.6 Å². The van der Waals surface area contributed by atoms with Crippen molar-refractivity contribution in [3.63, 3.8) is 0 Å². The average molecular weight is 476 g/mol. The van der Waals surface area contributed by atoms with Crippen molar-refractivity contribution in [1.82, 2.24) is 15.2 Å². The summed E-state index contributed by atoms with van der Waals surface area (Å²) in [6.45, 7) is 8.65. The van der Waals surface area contributed by atoms with Crippen LogP contribution in [0.4, 0.5) is 11.5 Å². The molecule has 2 N–H and O–H groups in total. The molecule has 5 rings (SSSR count). The maximum atomic E-state index is 5.64. The van der Waals surface area contributed by atoms with E-state index >= 15 is 0 Å². The molecule has 0 radical (unpaired) electrons. The molecule has 2 aliphatic heterocycles. The number of anilines is 2. The van der Waals surface area contributed by atoms with Gasteiger partial charge in [0.1, 0.15) is 5.82 Å². The fourth-order valence-corrected chi connectivity index (χ4v) is 5.12. The van der Waals surface area contributed by atoms with Crippen LogP contribution in [0, 0.1) is 6.92 Å². The van der Waals surface area contributed by atoms with E-state index in [1.54, 1.807) is 0 Å². The van der Waals surface area contributed by atoms with E-state index in [1.807, 2.05) is 0 Å². The molecule has 7 heteroatoms. The molecule has 3 heterocycles. The van der Waals surface area contributed by atoms with E-state index in [2.05, 4.69) is 82.0 Å². The van der Waals surface area contributed by atoms with Gasteiger partial charge in [-0.15, -0.1) is 0 Å². The highest BCUT2D eigenvalue weighted by molar-refractivity contribution is 7.80. The number of thiocarbonyl (C=S) groups is 1. The second-order valence-corrected chi connectivity index (χ2v) is 9.67. The molecule has 0 unspecified atom stereocenters. The summed E-state index contributed by atoms with van der Waals surface area (Å²) >= 11 is 5.64. The number of nitrogens with zero attached hydrogens (tertiary/aromatic N) is 3. The summed E-state index contributed by atoms with van der Waals surface area (Å²) < 4.78 is 5.48. The highest BCUT2D eigenvalue weighted by Crippen LogP contribution is 2.26. The minimum absolute atomic E-state index is 0.409. The smallest absolute Gasteiger partial charge is 0.170 e. The van der Waals surface area contributed by atoms with E-state index in [1.165, 1.54) is 11.1 Å². The van der Waals surface area contributed by atoms with Gasteiger partial charge in [0.05, 0.1) is 18.7 Å². The van der Waals surface area contributed by atoms with E-state index in [4.69, 9.17) is 21.9 Å². The van der Waals surface area contributed by atoms with Crippen LogP contribution in [-0.4, -0.2) is 60.4 Å². The SMILES string of the molecule is Cc1cc(N2CCOCC2)nc2ccc(NC(=S)NC3CCN(Cc4ccccc4)CC3)cc12. The van der Waals surface area contributed by atoms with Crippen LogP contribution in [0.3, 0.4) is 0 Å². The van der Waals surface area contributed by atoms with Gasteiger partial charge in [0.25, 0.3) is 0 Å². The predicted molar refractivity (Wildman–Crippen MR) is 144 cm³/mol. The third kappa shape index (κ3) is 5.66. The van der Waals surface area contributed by atoms with Crippen LogP contribution in [0.25, 0.3) is 10.9 Å². The van der Waals surface area contributed by atoms with Crippen molar-refractivity contribution in [2.24, 2.45) is 0 Å². The Balaban J connectivity index is 1.16. The number of rotatable bonds is 5. The molecule has 0 amide bonds. The summed E-state index contributed by atoms with van der Waals surface area (Å²) in [5.74, 6) is 1.03.